The molecule has 12 heavy (non-hydrogen) atoms. The third kappa shape index (κ3) is 1.70. The van der Waals surface area contributed by atoms with Gasteiger partial charge in [-0.1, -0.05) is 13.0 Å². The minimum absolute atomic E-state index is 1.02. The van der Waals surface area contributed by atoms with Gasteiger partial charge in [0, 0.05) is 24.5 Å². The predicted octanol–water partition coefficient (Wildman–Crippen LogP) is 2.38. The van der Waals surface area contributed by atoms with Crippen molar-refractivity contribution in [3.8, 4) is 0 Å². The molecule has 0 aromatic heterocycles. The van der Waals surface area contributed by atoms with Gasteiger partial charge in [-0.25, -0.2) is 0 Å². The van der Waals surface area contributed by atoms with Gasteiger partial charge in [0.2, 0.25) is 0 Å². The Morgan fingerprint density at radius 3 is 2.92 bits per heavy atom. The van der Waals surface area contributed by atoms with Crippen LogP contribution in [0.2, 0.25) is 0 Å². The average Bonchev–Trinajstić information content (AvgIpc) is 2.09. The fourth-order valence-corrected chi connectivity index (χ4v) is 1.22. The number of nitrogens with zero attached hydrogens (tertiary/aromatic N) is 2. The molecule has 1 aliphatic heterocycles. The summed E-state index contributed by atoms with van der Waals surface area (Å²) in [5, 5.41) is 0. The van der Waals surface area contributed by atoms with Crippen molar-refractivity contribution in [2.24, 2.45) is 9.98 Å². The summed E-state index contributed by atoms with van der Waals surface area (Å²) in [4.78, 5) is 8.39. The molecule has 1 rings (SSSR count). The Morgan fingerprint density at radius 1 is 1.58 bits per heavy atom. The van der Waals surface area contributed by atoms with Crippen LogP contribution in [0.15, 0.2) is 33.9 Å². The van der Waals surface area contributed by atoms with E-state index in [-0.39, 0.29) is 0 Å². The monoisotopic (exact) mass is 162 g/mol. The number of aliphatic imine (C=N–C) groups is 2. The van der Waals surface area contributed by atoms with E-state index >= 15 is 0 Å². The molecule has 0 unspecified atom stereocenters. The van der Waals surface area contributed by atoms with E-state index in [1.807, 2.05) is 20.0 Å². The molecule has 0 spiro atoms. The molecule has 0 aromatic rings. The number of hydrogen-bond acceptors (Lipinski definition) is 2. The maximum atomic E-state index is 4.22. The molecule has 0 fully saturated rings. The van der Waals surface area contributed by atoms with Crippen LogP contribution in [0.5, 0.6) is 0 Å². The number of allylic oxidation sites excluding steroid dienone is 3. The second-order valence-corrected chi connectivity index (χ2v) is 2.67. The first-order valence-electron chi connectivity index (χ1n) is 4.18. The first-order chi connectivity index (χ1) is 5.79. The lowest BCUT2D eigenvalue weighted by Gasteiger charge is -2.09. The quantitative estimate of drug-likeness (QED) is 0.565. The summed E-state index contributed by atoms with van der Waals surface area (Å²) in [6.45, 7) is 4.13. The van der Waals surface area contributed by atoms with E-state index in [9.17, 15) is 0 Å². The highest BCUT2D eigenvalue weighted by Gasteiger charge is 2.08. The van der Waals surface area contributed by atoms with Crippen LogP contribution in [0.3, 0.4) is 0 Å². The van der Waals surface area contributed by atoms with Crippen molar-refractivity contribution in [3.63, 3.8) is 0 Å². The van der Waals surface area contributed by atoms with Crippen LogP contribution in [0.25, 0.3) is 0 Å². The zero-order valence-corrected chi connectivity index (χ0v) is 7.83. The highest BCUT2D eigenvalue weighted by atomic mass is 14.8. The van der Waals surface area contributed by atoms with E-state index in [4.69, 9.17) is 0 Å². The van der Waals surface area contributed by atoms with Gasteiger partial charge in [-0.3, -0.25) is 9.98 Å². The van der Waals surface area contributed by atoms with E-state index in [1.54, 1.807) is 6.20 Å². The van der Waals surface area contributed by atoms with Crippen molar-refractivity contribution >= 4 is 11.4 Å². The highest BCUT2D eigenvalue weighted by molar-refractivity contribution is 6.28. The lowest BCUT2D eigenvalue weighted by molar-refractivity contribution is 1.21. The average molecular weight is 162 g/mol. The number of hydrogen-bond donors (Lipinski definition) is 0. The van der Waals surface area contributed by atoms with Crippen molar-refractivity contribution in [1.29, 1.82) is 0 Å². The first kappa shape index (κ1) is 8.91. The summed E-state index contributed by atoms with van der Waals surface area (Å²) in [6, 6.07) is 0. The van der Waals surface area contributed by atoms with Crippen molar-refractivity contribution in [2.45, 2.75) is 20.3 Å². The van der Waals surface area contributed by atoms with E-state index in [0.717, 1.165) is 17.8 Å². The molecular formula is C10H14N2. The lowest BCUT2D eigenvalue weighted by Crippen LogP contribution is -2.11. The van der Waals surface area contributed by atoms with Crippen LogP contribution in [0.1, 0.15) is 20.3 Å². The Morgan fingerprint density at radius 2 is 2.33 bits per heavy atom. The Labute approximate surface area is 73.4 Å². The molecule has 0 atom stereocenters. The van der Waals surface area contributed by atoms with Crippen LogP contribution in [0, 0.1) is 0 Å². The summed E-state index contributed by atoms with van der Waals surface area (Å²) in [7, 11) is 1.81. The summed E-state index contributed by atoms with van der Waals surface area (Å²) >= 11 is 0. The van der Waals surface area contributed by atoms with Crippen molar-refractivity contribution < 1.29 is 0 Å². The smallest absolute Gasteiger partial charge is 0.0673 e. The Hall–Kier alpha value is -1.18. The fourth-order valence-electron chi connectivity index (χ4n) is 1.22. The van der Waals surface area contributed by atoms with Gasteiger partial charge >= 0.3 is 0 Å². The Kier molecular flexibility index (Phi) is 2.97. The molecule has 0 amide bonds. The lowest BCUT2D eigenvalue weighted by atomic mass is 10.0. The molecule has 0 aliphatic carbocycles. The standard InChI is InChI=1S/C10H14N2/c1-4-5-9-8(2)12-7-6-10(9)11-3/h5-7H,4H2,1-3H3/b9-5-,11-10?. The third-order valence-corrected chi connectivity index (χ3v) is 1.82. The van der Waals surface area contributed by atoms with Crippen LogP contribution >= 0.6 is 0 Å². The summed E-state index contributed by atoms with van der Waals surface area (Å²) in [6.07, 6.45) is 6.92. The molecule has 0 aromatic carbocycles. The molecule has 2 nitrogen and oxygen atoms in total. The third-order valence-electron chi connectivity index (χ3n) is 1.82. The van der Waals surface area contributed by atoms with Gasteiger partial charge in [0.15, 0.2) is 0 Å². The SMILES string of the molecule is CC/C=C1/C(C)=NC=CC1=NC. The van der Waals surface area contributed by atoms with Crippen LogP contribution < -0.4 is 0 Å². The normalized spacial score (nSPS) is 23.4. The molecule has 1 aliphatic rings. The van der Waals surface area contributed by atoms with Gasteiger partial charge in [-0.05, 0) is 19.4 Å². The van der Waals surface area contributed by atoms with Crippen molar-refractivity contribution in [2.75, 3.05) is 7.05 Å². The second-order valence-electron chi connectivity index (χ2n) is 2.67. The molecule has 0 bridgehead atoms. The predicted molar refractivity (Wildman–Crippen MR) is 54.0 cm³/mol. The van der Waals surface area contributed by atoms with Gasteiger partial charge in [-0.2, -0.15) is 0 Å². The topological polar surface area (TPSA) is 24.7 Å². The zero-order chi connectivity index (χ0) is 8.97. The number of rotatable bonds is 1. The molecule has 1 heterocycles. The summed E-state index contributed by atoms with van der Waals surface area (Å²) in [5.41, 5.74) is 3.26. The van der Waals surface area contributed by atoms with Crippen molar-refractivity contribution in [1.82, 2.24) is 0 Å². The molecule has 0 radical (unpaired) electrons. The second kappa shape index (κ2) is 4.00. The molecule has 0 saturated heterocycles. The maximum Gasteiger partial charge on any atom is 0.0673 e. The molecule has 2 heteroatoms. The van der Waals surface area contributed by atoms with Gasteiger partial charge in [0.05, 0.1) is 5.71 Å². The Balaban J connectivity index is 3.03. The highest BCUT2D eigenvalue weighted by Crippen LogP contribution is 2.09. The van der Waals surface area contributed by atoms with Gasteiger partial charge in [0.25, 0.3) is 0 Å². The first-order valence-corrected chi connectivity index (χ1v) is 4.18. The minimum Gasteiger partial charge on any atom is -0.288 e. The van der Waals surface area contributed by atoms with E-state index < -0.39 is 0 Å². The molecular weight excluding hydrogens is 148 g/mol. The maximum absolute atomic E-state index is 4.22. The van der Waals surface area contributed by atoms with Crippen molar-refractivity contribution in [3.05, 3.63) is 23.9 Å². The van der Waals surface area contributed by atoms with E-state index in [2.05, 4.69) is 23.0 Å². The van der Waals surface area contributed by atoms with E-state index in [0.29, 0.717) is 0 Å². The Bertz CT molecular complexity index is 280. The summed E-state index contributed by atoms with van der Waals surface area (Å²) < 4.78 is 0. The largest absolute Gasteiger partial charge is 0.288 e. The van der Waals surface area contributed by atoms with Crippen LogP contribution in [-0.4, -0.2) is 18.5 Å². The minimum atomic E-state index is 1.02. The van der Waals surface area contributed by atoms with E-state index in [1.165, 1.54) is 5.57 Å². The van der Waals surface area contributed by atoms with Gasteiger partial charge < -0.3 is 0 Å². The zero-order valence-electron chi connectivity index (χ0n) is 7.83. The molecule has 0 saturated carbocycles. The summed E-state index contributed by atoms with van der Waals surface area (Å²) in [5.74, 6) is 0. The fraction of sp³-hybridized carbons (Fsp3) is 0.400. The van der Waals surface area contributed by atoms with Gasteiger partial charge in [0.1, 0.15) is 0 Å². The van der Waals surface area contributed by atoms with Crippen LogP contribution in [-0.2, 0) is 0 Å². The van der Waals surface area contributed by atoms with Crippen LogP contribution in [0.4, 0.5) is 0 Å². The molecule has 0 N–H and O–H groups in total. The van der Waals surface area contributed by atoms with Gasteiger partial charge in [-0.15, -0.1) is 0 Å². The molecule has 64 valence electrons.